The highest BCUT2D eigenvalue weighted by Gasteiger charge is 2.27. The molecule has 5 nitrogen and oxygen atoms in total. The van der Waals surface area contributed by atoms with E-state index in [0.717, 1.165) is 17.1 Å². The number of benzene rings is 1. The SMILES string of the molecule is Cc1nc(CNC(=O)C(NC(=O)c2c(F)cccc2F)C(C)C)cs1. The van der Waals surface area contributed by atoms with Crippen molar-refractivity contribution in [3.63, 3.8) is 0 Å². The summed E-state index contributed by atoms with van der Waals surface area (Å²) in [6, 6.07) is 2.23. The van der Waals surface area contributed by atoms with E-state index in [-0.39, 0.29) is 12.5 Å². The predicted molar refractivity (Wildman–Crippen MR) is 91.1 cm³/mol. The summed E-state index contributed by atoms with van der Waals surface area (Å²) in [5.74, 6) is -3.62. The fourth-order valence-corrected chi connectivity index (χ4v) is 2.85. The number of nitrogens with one attached hydrogen (secondary N) is 2. The van der Waals surface area contributed by atoms with Gasteiger partial charge in [0.25, 0.3) is 5.91 Å². The number of rotatable bonds is 6. The molecule has 2 N–H and O–H groups in total. The van der Waals surface area contributed by atoms with Crippen molar-refractivity contribution in [2.45, 2.75) is 33.4 Å². The van der Waals surface area contributed by atoms with Crippen LogP contribution in [0.1, 0.15) is 34.9 Å². The minimum atomic E-state index is -0.974. The molecule has 0 aliphatic carbocycles. The average molecular weight is 367 g/mol. The molecular weight excluding hydrogens is 348 g/mol. The lowest BCUT2D eigenvalue weighted by Crippen LogP contribution is -2.49. The van der Waals surface area contributed by atoms with Crippen molar-refractivity contribution in [3.05, 3.63) is 51.5 Å². The van der Waals surface area contributed by atoms with E-state index in [1.54, 1.807) is 13.8 Å². The topological polar surface area (TPSA) is 71.1 Å². The van der Waals surface area contributed by atoms with Gasteiger partial charge in [-0.15, -0.1) is 11.3 Å². The molecule has 1 aromatic heterocycles. The third-order valence-electron chi connectivity index (χ3n) is 3.54. The Kier molecular flexibility index (Phi) is 6.19. The number of hydrogen-bond acceptors (Lipinski definition) is 4. The van der Waals surface area contributed by atoms with E-state index in [9.17, 15) is 18.4 Å². The number of thiazole rings is 1. The van der Waals surface area contributed by atoms with Crippen LogP contribution >= 0.6 is 11.3 Å². The van der Waals surface area contributed by atoms with Crippen LogP contribution < -0.4 is 10.6 Å². The van der Waals surface area contributed by atoms with Gasteiger partial charge >= 0.3 is 0 Å². The molecule has 134 valence electrons. The molecule has 2 aromatic rings. The molecule has 1 heterocycles. The fourth-order valence-electron chi connectivity index (χ4n) is 2.24. The third kappa shape index (κ3) is 4.82. The van der Waals surface area contributed by atoms with Crippen LogP contribution in [0.4, 0.5) is 8.78 Å². The van der Waals surface area contributed by atoms with Gasteiger partial charge in [0.1, 0.15) is 23.2 Å². The summed E-state index contributed by atoms with van der Waals surface area (Å²) >= 11 is 1.47. The van der Waals surface area contributed by atoms with Crippen LogP contribution in [0.3, 0.4) is 0 Å². The molecule has 0 aliphatic rings. The number of hydrogen-bond donors (Lipinski definition) is 2. The molecule has 0 saturated heterocycles. The van der Waals surface area contributed by atoms with Crippen molar-refractivity contribution in [1.29, 1.82) is 0 Å². The van der Waals surface area contributed by atoms with Crippen molar-refractivity contribution in [2.75, 3.05) is 0 Å². The molecule has 25 heavy (non-hydrogen) atoms. The maximum atomic E-state index is 13.7. The summed E-state index contributed by atoms with van der Waals surface area (Å²) in [7, 11) is 0. The van der Waals surface area contributed by atoms with Gasteiger partial charge in [0.2, 0.25) is 5.91 Å². The third-order valence-corrected chi connectivity index (χ3v) is 4.36. The first-order chi connectivity index (χ1) is 11.8. The normalized spacial score (nSPS) is 12.1. The average Bonchev–Trinajstić information content (AvgIpc) is 2.95. The van der Waals surface area contributed by atoms with E-state index in [1.807, 2.05) is 12.3 Å². The van der Waals surface area contributed by atoms with Crippen molar-refractivity contribution in [2.24, 2.45) is 5.92 Å². The Labute approximate surface area is 148 Å². The molecule has 2 amide bonds. The molecular formula is C17H19F2N3O2S. The first kappa shape index (κ1) is 19.0. The van der Waals surface area contributed by atoms with Gasteiger partial charge in [-0.1, -0.05) is 19.9 Å². The molecule has 0 fully saturated rings. The summed E-state index contributed by atoms with van der Waals surface area (Å²) in [6.07, 6.45) is 0. The van der Waals surface area contributed by atoms with Gasteiger partial charge in [0.15, 0.2) is 0 Å². The van der Waals surface area contributed by atoms with Crippen LogP contribution in [0, 0.1) is 24.5 Å². The summed E-state index contributed by atoms with van der Waals surface area (Å²) in [5, 5.41) is 7.80. The van der Waals surface area contributed by atoms with Gasteiger partial charge < -0.3 is 10.6 Å². The summed E-state index contributed by atoms with van der Waals surface area (Å²) in [6.45, 7) is 5.54. The maximum absolute atomic E-state index is 13.7. The number of halogens is 2. The highest BCUT2D eigenvalue weighted by Crippen LogP contribution is 2.13. The van der Waals surface area contributed by atoms with E-state index in [4.69, 9.17) is 0 Å². The Balaban J connectivity index is 2.07. The summed E-state index contributed by atoms with van der Waals surface area (Å²) < 4.78 is 27.4. The Morgan fingerprint density at radius 1 is 1.24 bits per heavy atom. The Morgan fingerprint density at radius 2 is 1.88 bits per heavy atom. The molecule has 8 heteroatoms. The van der Waals surface area contributed by atoms with Gasteiger partial charge in [0, 0.05) is 5.38 Å². The molecule has 0 bridgehead atoms. The first-order valence-corrected chi connectivity index (χ1v) is 8.61. The lowest BCUT2D eigenvalue weighted by Gasteiger charge is -2.21. The highest BCUT2D eigenvalue weighted by atomic mass is 32.1. The quantitative estimate of drug-likeness (QED) is 0.825. The lowest BCUT2D eigenvalue weighted by molar-refractivity contribution is -0.124. The zero-order valence-corrected chi connectivity index (χ0v) is 14.9. The summed E-state index contributed by atoms with van der Waals surface area (Å²) in [4.78, 5) is 28.8. The van der Waals surface area contributed by atoms with Gasteiger partial charge in [-0.3, -0.25) is 9.59 Å². The maximum Gasteiger partial charge on any atom is 0.257 e. The Bertz CT molecular complexity index is 757. The minimum absolute atomic E-state index is 0.219. The number of amides is 2. The number of aromatic nitrogens is 1. The van der Waals surface area contributed by atoms with Gasteiger partial charge in [0.05, 0.1) is 17.2 Å². The molecule has 0 saturated carbocycles. The van der Waals surface area contributed by atoms with Crippen LogP contribution in [-0.4, -0.2) is 22.8 Å². The molecule has 0 spiro atoms. The number of carbonyl (C=O) groups excluding carboxylic acids is 2. The second-order valence-corrected chi connectivity index (χ2v) is 6.93. The van der Waals surface area contributed by atoms with Crippen molar-refractivity contribution < 1.29 is 18.4 Å². The summed E-state index contributed by atoms with van der Waals surface area (Å²) in [5.41, 5.74) is 0.0147. The minimum Gasteiger partial charge on any atom is -0.349 e. The first-order valence-electron chi connectivity index (χ1n) is 7.73. The van der Waals surface area contributed by atoms with E-state index in [2.05, 4.69) is 15.6 Å². The van der Waals surface area contributed by atoms with Crippen LogP contribution in [0.15, 0.2) is 23.6 Å². The van der Waals surface area contributed by atoms with Crippen LogP contribution in [0.25, 0.3) is 0 Å². The van der Waals surface area contributed by atoms with E-state index < -0.39 is 35.1 Å². The Hall–Kier alpha value is -2.35. The van der Waals surface area contributed by atoms with Crippen molar-refractivity contribution in [3.8, 4) is 0 Å². The molecule has 2 rings (SSSR count). The molecule has 1 atom stereocenters. The van der Waals surface area contributed by atoms with Crippen LogP contribution in [0.2, 0.25) is 0 Å². The smallest absolute Gasteiger partial charge is 0.257 e. The Morgan fingerprint density at radius 3 is 2.40 bits per heavy atom. The molecule has 0 radical (unpaired) electrons. The van der Waals surface area contributed by atoms with Gasteiger partial charge in [-0.2, -0.15) is 0 Å². The predicted octanol–water partition coefficient (Wildman–Crippen LogP) is 2.80. The van der Waals surface area contributed by atoms with Gasteiger partial charge in [-0.25, -0.2) is 13.8 Å². The molecule has 1 unspecified atom stereocenters. The molecule has 1 aromatic carbocycles. The zero-order chi connectivity index (χ0) is 18.6. The van der Waals surface area contributed by atoms with Crippen molar-refractivity contribution in [1.82, 2.24) is 15.6 Å². The second-order valence-electron chi connectivity index (χ2n) is 5.87. The monoisotopic (exact) mass is 367 g/mol. The van der Waals surface area contributed by atoms with Crippen LogP contribution in [0.5, 0.6) is 0 Å². The fraction of sp³-hybridized carbons (Fsp3) is 0.353. The van der Waals surface area contributed by atoms with E-state index in [1.165, 1.54) is 17.4 Å². The standard InChI is InChI=1S/C17H19F2N3O2S/c1-9(2)15(17(24)20-7-11-8-25-10(3)21-11)22-16(23)14-12(18)5-4-6-13(14)19/h4-6,8-9,15H,7H2,1-3H3,(H,20,24)(H,22,23). The highest BCUT2D eigenvalue weighted by molar-refractivity contribution is 7.09. The number of carbonyl (C=O) groups is 2. The number of nitrogens with zero attached hydrogens (tertiary/aromatic N) is 1. The lowest BCUT2D eigenvalue weighted by atomic mass is 10.0. The zero-order valence-electron chi connectivity index (χ0n) is 14.1. The van der Waals surface area contributed by atoms with E-state index >= 15 is 0 Å². The van der Waals surface area contributed by atoms with E-state index in [0.29, 0.717) is 5.69 Å². The number of aryl methyl sites for hydroxylation is 1. The molecule has 0 aliphatic heterocycles. The van der Waals surface area contributed by atoms with Crippen molar-refractivity contribution >= 4 is 23.2 Å². The van der Waals surface area contributed by atoms with Crippen LogP contribution in [-0.2, 0) is 11.3 Å². The van der Waals surface area contributed by atoms with Gasteiger partial charge in [-0.05, 0) is 25.0 Å². The largest absolute Gasteiger partial charge is 0.349 e. The second kappa shape index (κ2) is 8.15.